The number of rotatable bonds is 3. The van der Waals surface area contributed by atoms with E-state index in [0.717, 1.165) is 16.6 Å². The van der Waals surface area contributed by atoms with Gasteiger partial charge in [-0.05, 0) is 44.9 Å². The number of halogens is 2. The van der Waals surface area contributed by atoms with Gasteiger partial charge in [-0.2, -0.15) is 0 Å². The van der Waals surface area contributed by atoms with Crippen LogP contribution in [0.4, 0.5) is 5.69 Å². The number of amides is 1. The van der Waals surface area contributed by atoms with E-state index in [9.17, 15) is 9.59 Å². The van der Waals surface area contributed by atoms with Crippen molar-refractivity contribution in [3.05, 3.63) is 28.7 Å². The zero-order chi connectivity index (χ0) is 14.9. The van der Waals surface area contributed by atoms with Crippen LogP contribution in [0.3, 0.4) is 0 Å². The van der Waals surface area contributed by atoms with Gasteiger partial charge in [0.05, 0.1) is 10.2 Å². The summed E-state index contributed by atoms with van der Waals surface area (Å²) < 4.78 is 0.269. The van der Waals surface area contributed by atoms with Crippen LogP contribution in [0.1, 0.15) is 26.7 Å². The molecule has 0 aromatic heterocycles. The van der Waals surface area contributed by atoms with Gasteiger partial charge >= 0.3 is 0 Å². The minimum absolute atomic E-state index is 0.0396. The second-order valence-corrected chi connectivity index (χ2v) is 8.40. The Bertz CT molecular complexity index is 537. The molecule has 0 radical (unpaired) electrons. The number of ketones is 1. The van der Waals surface area contributed by atoms with Crippen molar-refractivity contribution < 1.29 is 9.59 Å². The van der Waals surface area contributed by atoms with Crippen molar-refractivity contribution >= 4 is 49.2 Å². The number of anilines is 1. The standard InChI is InChI=1S/C15H17Br2NO2/c1-15(2,17)13(19)12-7-4-8-18(14(12)20)11-6-3-5-10(16)9-11/h3,5-6,9,12H,4,7-8H2,1-2H3/t12-/m1/s1. The van der Waals surface area contributed by atoms with Gasteiger partial charge in [0.15, 0.2) is 5.78 Å². The summed E-state index contributed by atoms with van der Waals surface area (Å²) in [7, 11) is 0. The molecule has 108 valence electrons. The minimum atomic E-state index is -0.659. The zero-order valence-corrected chi connectivity index (χ0v) is 14.7. The highest BCUT2D eigenvalue weighted by Gasteiger charge is 2.40. The third-order valence-corrected chi connectivity index (χ3v) is 4.34. The van der Waals surface area contributed by atoms with E-state index >= 15 is 0 Å². The van der Waals surface area contributed by atoms with E-state index < -0.39 is 10.2 Å². The highest BCUT2D eigenvalue weighted by atomic mass is 79.9. The lowest BCUT2D eigenvalue weighted by Gasteiger charge is -2.33. The molecule has 1 aromatic carbocycles. The second kappa shape index (κ2) is 5.98. The fourth-order valence-electron chi connectivity index (χ4n) is 2.43. The Morgan fingerprint density at radius 1 is 1.40 bits per heavy atom. The molecule has 1 atom stereocenters. The van der Waals surface area contributed by atoms with Crippen molar-refractivity contribution in [1.82, 2.24) is 0 Å². The topological polar surface area (TPSA) is 37.4 Å². The van der Waals surface area contributed by atoms with Crippen LogP contribution in [-0.4, -0.2) is 22.6 Å². The Hall–Kier alpha value is -0.680. The maximum Gasteiger partial charge on any atom is 0.237 e. The monoisotopic (exact) mass is 401 g/mol. The van der Waals surface area contributed by atoms with Gasteiger partial charge in [0.1, 0.15) is 0 Å². The largest absolute Gasteiger partial charge is 0.312 e. The van der Waals surface area contributed by atoms with Crippen molar-refractivity contribution in [1.29, 1.82) is 0 Å². The van der Waals surface area contributed by atoms with Crippen LogP contribution in [0.15, 0.2) is 28.7 Å². The van der Waals surface area contributed by atoms with Crippen molar-refractivity contribution in [2.75, 3.05) is 11.4 Å². The average molecular weight is 403 g/mol. The molecule has 1 aliphatic rings. The molecule has 0 N–H and O–H groups in total. The van der Waals surface area contributed by atoms with E-state index in [2.05, 4.69) is 31.9 Å². The highest BCUT2D eigenvalue weighted by molar-refractivity contribution is 9.10. The summed E-state index contributed by atoms with van der Waals surface area (Å²) in [6.07, 6.45) is 1.48. The summed E-state index contributed by atoms with van der Waals surface area (Å²) in [5.74, 6) is -0.675. The van der Waals surface area contributed by atoms with E-state index in [4.69, 9.17) is 0 Å². The maximum absolute atomic E-state index is 12.6. The lowest BCUT2D eigenvalue weighted by molar-refractivity contribution is -0.134. The van der Waals surface area contributed by atoms with Crippen molar-refractivity contribution in [2.45, 2.75) is 31.0 Å². The fraction of sp³-hybridized carbons (Fsp3) is 0.467. The number of carbonyl (C=O) groups is 2. The van der Waals surface area contributed by atoms with E-state index in [1.54, 1.807) is 18.7 Å². The first-order chi connectivity index (χ1) is 9.30. The first kappa shape index (κ1) is 15.7. The number of piperidine rings is 1. The van der Waals surface area contributed by atoms with Crippen LogP contribution < -0.4 is 4.90 Å². The van der Waals surface area contributed by atoms with Gasteiger partial charge in [-0.1, -0.05) is 37.9 Å². The minimum Gasteiger partial charge on any atom is -0.312 e. The molecular formula is C15H17Br2NO2. The quantitative estimate of drug-likeness (QED) is 0.567. The second-order valence-electron chi connectivity index (χ2n) is 5.50. The smallest absolute Gasteiger partial charge is 0.237 e. The van der Waals surface area contributed by atoms with Crippen LogP contribution in [0.2, 0.25) is 0 Å². The van der Waals surface area contributed by atoms with Gasteiger partial charge in [-0.25, -0.2) is 0 Å². The Balaban J connectivity index is 2.25. The van der Waals surface area contributed by atoms with E-state index in [0.29, 0.717) is 13.0 Å². The predicted octanol–water partition coefficient (Wildman–Crippen LogP) is 3.93. The first-order valence-electron chi connectivity index (χ1n) is 6.61. The number of alkyl halides is 1. The van der Waals surface area contributed by atoms with E-state index in [-0.39, 0.29) is 11.7 Å². The molecule has 0 unspecified atom stereocenters. The molecule has 0 aliphatic carbocycles. The van der Waals surface area contributed by atoms with Gasteiger partial charge in [0.2, 0.25) is 5.91 Å². The summed E-state index contributed by atoms with van der Waals surface area (Å²) in [6, 6.07) is 7.62. The van der Waals surface area contributed by atoms with Crippen molar-refractivity contribution in [2.24, 2.45) is 5.92 Å². The summed E-state index contributed by atoms with van der Waals surface area (Å²) in [5.41, 5.74) is 0.842. The number of hydrogen-bond acceptors (Lipinski definition) is 2. The molecule has 3 nitrogen and oxygen atoms in total. The normalized spacial score (nSPS) is 20.1. The number of carbonyl (C=O) groups excluding carboxylic acids is 2. The molecule has 1 amide bonds. The molecule has 20 heavy (non-hydrogen) atoms. The maximum atomic E-state index is 12.6. The molecule has 1 fully saturated rings. The van der Waals surface area contributed by atoms with Crippen LogP contribution in [0.5, 0.6) is 0 Å². The van der Waals surface area contributed by atoms with Gasteiger partial charge in [0, 0.05) is 16.7 Å². The van der Waals surface area contributed by atoms with Gasteiger partial charge in [-0.15, -0.1) is 0 Å². The average Bonchev–Trinajstić information content (AvgIpc) is 2.37. The molecule has 2 rings (SSSR count). The van der Waals surface area contributed by atoms with Crippen LogP contribution in [0.25, 0.3) is 0 Å². The molecule has 0 spiro atoms. The van der Waals surface area contributed by atoms with E-state index in [1.807, 2.05) is 24.3 Å². The highest BCUT2D eigenvalue weighted by Crippen LogP contribution is 2.31. The lowest BCUT2D eigenvalue weighted by Crippen LogP contribution is -2.48. The number of hydrogen-bond donors (Lipinski definition) is 0. The van der Waals surface area contributed by atoms with E-state index in [1.165, 1.54) is 0 Å². The third kappa shape index (κ3) is 3.31. The summed E-state index contributed by atoms with van der Waals surface area (Å²) in [5, 5.41) is 0. The van der Waals surface area contributed by atoms with Gasteiger partial charge < -0.3 is 4.90 Å². The molecule has 1 heterocycles. The molecule has 1 saturated heterocycles. The summed E-state index contributed by atoms with van der Waals surface area (Å²) in [4.78, 5) is 26.7. The van der Waals surface area contributed by atoms with Crippen molar-refractivity contribution in [3.8, 4) is 0 Å². The van der Waals surface area contributed by atoms with Gasteiger partial charge in [-0.3, -0.25) is 9.59 Å². The van der Waals surface area contributed by atoms with Crippen molar-refractivity contribution in [3.63, 3.8) is 0 Å². The molecular weight excluding hydrogens is 386 g/mol. The lowest BCUT2D eigenvalue weighted by atomic mass is 9.87. The van der Waals surface area contributed by atoms with Crippen LogP contribution in [-0.2, 0) is 9.59 Å². The number of Topliss-reactive ketones (excluding diaryl/α,β-unsaturated/α-hetero) is 1. The molecule has 1 aromatic rings. The SMILES string of the molecule is CC(C)(Br)C(=O)[C@H]1CCCN(c2cccc(Br)c2)C1=O. The number of nitrogens with zero attached hydrogens (tertiary/aromatic N) is 1. The molecule has 1 aliphatic heterocycles. The third-order valence-electron chi connectivity index (χ3n) is 3.46. The first-order valence-corrected chi connectivity index (χ1v) is 8.19. The zero-order valence-electron chi connectivity index (χ0n) is 11.5. The predicted molar refractivity (Wildman–Crippen MR) is 87.2 cm³/mol. The number of benzene rings is 1. The van der Waals surface area contributed by atoms with Crippen LogP contribution >= 0.6 is 31.9 Å². The summed E-state index contributed by atoms with van der Waals surface area (Å²) >= 11 is 6.78. The Kier molecular flexibility index (Phi) is 4.69. The van der Waals surface area contributed by atoms with Gasteiger partial charge in [0.25, 0.3) is 0 Å². The Morgan fingerprint density at radius 2 is 2.10 bits per heavy atom. The molecule has 5 heteroatoms. The summed E-state index contributed by atoms with van der Waals surface area (Å²) in [6.45, 7) is 4.25. The Labute approximate surface area is 136 Å². The molecule has 0 saturated carbocycles. The fourth-order valence-corrected chi connectivity index (χ4v) is 3.10. The Morgan fingerprint density at radius 3 is 2.70 bits per heavy atom. The van der Waals surface area contributed by atoms with Crippen LogP contribution in [0, 0.1) is 5.92 Å². The molecule has 0 bridgehead atoms.